The number of hydrogen-bond donors (Lipinski definition) is 2. The number of nitrogens with zero attached hydrogens (tertiary/aromatic N) is 5. The van der Waals surface area contributed by atoms with E-state index in [1.54, 1.807) is 50.1 Å². The minimum atomic E-state index is -1.27. The lowest BCUT2D eigenvalue weighted by atomic mass is 9.91. The molecule has 11 heteroatoms. The van der Waals surface area contributed by atoms with Gasteiger partial charge in [0.25, 0.3) is 0 Å². The maximum absolute atomic E-state index is 15.2. The lowest BCUT2D eigenvalue weighted by Gasteiger charge is -2.31. The van der Waals surface area contributed by atoms with E-state index in [1.165, 1.54) is 6.07 Å². The van der Waals surface area contributed by atoms with Crippen molar-refractivity contribution >= 4 is 28.8 Å². The minimum Gasteiger partial charge on any atom is -0.449 e. The molecule has 9 nitrogen and oxygen atoms in total. The summed E-state index contributed by atoms with van der Waals surface area (Å²) in [6.45, 7) is 8.69. The largest absolute Gasteiger partial charge is 0.449 e. The van der Waals surface area contributed by atoms with Crippen LogP contribution in [0.15, 0.2) is 42.7 Å². The molecular weight excluding hydrogens is 554 g/mol. The number of unbranched alkanes of at least 4 members (excludes halogenated alkanes) is 1. The van der Waals surface area contributed by atoms with E-state index in [4.69, 9.17) is 4.74 Å². The van der Waals surface area contributed by atoms with Gasteiger partial charge in [-0.05, 0) is 81.3 Å². The van der Waals surface area contributed by atoms with E-state index < -0.39 is 17.2 Å². The van der Waals surface area contributed by atoms with Crippen LogP contribution in [0.4, 0.5) is 25.3 Å². The fourth-order valence-corrected chi connectivity index (χ4v) is 5.31. The van der Waals surface area contributed by atoms with Crippen LogP contribution in [0.3, 0.4) is 0 Å². The lowest BCUT2D eigenvalue weighted by molar-refractivity contribution is 0.0800. The summed E-state index contributed by atoms with van der Waals surface area (Å²) in [6.07, 6.45) is 6.02. The first-order valence-electron chi connectivity index (χ1n) is 14.5. The molecule has 1 aromatic carbocycles. The summed E-state index contributed by atoms with van der Waals surface area (Å²) < 4.78 is 35.5. The highest BCUT2D eigenvalue weighted by Crippen LogP contribution is 2.34. The van der Waals surface area contributed by atoms with E-state index in [1.807, 2.05) is 6.07 Å². The monoisotopic (exact) mass is 590 g/mol. The third-order valence-corrected chi connectivity index (χ3v) is 7.65. The summed E-state index contributed by atoms with van der Waals surface area (Å²) in [4.78, 5) is 31.1. The molecule has 4 heterocycles. The van der Waals surface area contributed by atoms with Crippen molar-refractivity contribution in [1.82, 2.24) is 24.8 Å². The third kappa shape index (κ3) is 6.88. The SMILES string of the molecule is CCCCOC(=O)N1CCC(c2ccc(Nc3ncc(F)c(-c4cc(F)c5nc(C)cc(C(C)(C)O)c5c4)n3)nc2)CC1. The number of nitrogens with one attached hydrogen (secondary N) is 1. The number of halogens is 2. The highest BCUT2D eigenvalue weighted by Gasteiger charge is 2.25. The van der Waals surface area contributed by atoms with Gasteiger partial charge in [0.2, 0.25) is 5.95 Å². The van der Waals surface area contributed by atoms with E-state index in [-0.39, 0.29) is 34.7 Å². The number of pyridine rings is 2. The first-order valence-corrected chi connectivity index (χ1v) is 14.5. The van der Waals surface area contributed by atoms with Crippen LogP contribution < -0.4 is 5.32 Å². The summed E-state index contributed by atoms with van der Waals surface area (Å²) in [6, 6.07) is 8.21. The molecule has 0 bridgehead atoms. The Morgan fingerprint density at radius 3 is 2.53 bits per heavy atom. The van der Waals surface area contributed by atoms with Crippen molar-refractivity contribution in [3.8, 4) is 11.3 Å². The van der Waals surface area contributed by atoms with Crippen molar-refractivity contribution in [3.05, 3.63) is 71.2 Å². The summed E-state index contributed by atoms with van der Waals surface area (Å²) >= 11 is 0. The molecular formula is C32H36F2N6O3. The zero-order valence-corrected chi connectivity index (χ0v) is 24.8. The Hall–Kier alpha value is -4.25. The topological polar surface area (TPSA) is 113 Å². The Bertz CT molecular complexity index is 1620. The van der Waals surface area contributed by atoms with Gasteiger partial charge in [-0.15, -0.1) is 0 Å². The number of benzene rings is 1. The van der Waals surface area contributed by atoms with Crippen LogP contribution in [0.25, 0.3) is 22.2 Å². The maximum atomic E-state index is 15.2. The van der Waals surface area contributed by atoms with Gasteiger partial charge in [0, 0.05) is 35.9 Å². The summed E-state index contributed by atoms with van der Waals surface area (Å²) in [5.41, 5.74) is 1.00. The van der Waals surface area contributed by atoms with E-state index >= 15 is 4.39 Å². The van der Waals surface area contributed by atoms with Gasteiger partial charge in [0.1, 0.15) is 22.8 Å². The van der Waals surface area contributed by atoms with Gasteiger partial charge >= 0.3 is 6.09 Å². The fourth-order valence-electron chi connectivity index (χ4n) is 5.31. The van der Waals surface area contributed by atoms with Crippen LogP contribution in [0, 0.1) is 18.6 Å². The normalized spacial score (nSPS) is 14.3. The van der Waals surface area contributed by atoms with Crippen LogP contribution in [0.1, 0.15) is 69.2 Å². The molecule has 4 aromatic rings. The Balaban J connectivity index is 1.31. The number of aliphatic hydroxyl groups is 1. The van der Waals surface area contributed by atoms with Crippen LogP contribution in [-0.2, 0) is 10.3 Å². The maximum Gasteiger partial charge on any atom is 0.409 e. The first-order chi connectivity index (χ1) is 20.5. The summed E-state index contributed by atoms with van der Waals surface area (Å²) in [7, 11) is 0. The van der Waals surface area contributed by atoms with Gasteiger partial charge in [-0.2, -0.15) is 0 Å². The molecule has 1 aliphatic rings. The third-order valence-electron chi connectivity index (χ3n) is 7.65. The highest BCUT2D eigenvalue weighted by molar-refractivity contribution is 5.88. The number of hydrogen-bond acceptors (Lipinski definition) is 8. The van der Waals surface area contributed by atoms with Crippen LogP contribution in [0.2, 0.25) is 0 Å². The molecule has 1 amide bonds. The quantitative estimate of drug-likeness (QED) is 0.217. The van der Waals surface area contributed by atoms with Crippen molar-refractivity contribution < 1.29 is 23.4 Å². The first kappa shape index (κ1) is 30.2. The molecule has 5 rings (SSSR count). The number of aryl methyl sites for hydroxylation is 1. The van der Waals surface area contributed by atoms with Crippen molar-refractivity contribution in [2.45, 2.75) is 64.9 Å². The zero-order chi connectivity index (χ0) is 30.7. The number of carbonyl (C=O) groups excluding carboxylic acids is 1. The van der Waals surface area contributed by atoms with Crippen molar-refractivity contribution in [2.24, 2.45) is 0 Å². The number of anilines is 2. The van der Waals surface area contributed by atoms with Crippen LogP contribution in [0.5, 0.6) is 0 Å². The summed E-state index contributed by atoms with van der Waals surface area (Å²) in [5.74, 6) is -0.544. The fraction of sp³-hybridized carbons (Fsp3) is 0.406. The van der Waals surface area contributed by atoms with Gasteiger partial charge in [-0.1, -0.05) is 19.4 Å². The van der Waals surface area contributed by atoms with Gasteiger partial charge in [0.05, 0.1) is 18.4 Å². The number of rotatable bonds is 8. The van der Waals surface area contributed by atoms with Crippen molar-refractivity contribution in [3.63, 3.8) is 0 Å². The molecule has 0 atom stereocenters. The smallest absolute Gasteiger partial charge is 0.409 e. The zero-order valence-electron chi connectivity index (χ0n) is 24.8. The van der Waals surface area contributed by atoms with E-state index in [0.29, 0.717) is 42.2 Å². The van der Waals surface area contributed by atoms with Crippen molar-refractivity contribution in [2.75, 3.05) is 25.0 Å². The second-order valence-corrected chi connectivity index (χ2v) is 11.4. The number of ether oxygens (including phenoxy) is 1. The molecule has 1 fully saturated rings. The molecule has 226 valence electrons. The average molecular weight is 591 g/mol. The van der Waals surface area contributed by atoms with Gasteiger partial charge < -0.3 is 20.1 Å². The Morgan fingerprint density at radius 2 is 1.86 bits per heavy atom. The van der Waals surface area contributed by atoms with Gasteiger partial charge in [-0.3, -0.25) is 4.98 Å². The molecule has 1 saturated heterocycles. The highest BCUT2D eigenvalue weighted by atomic mass is 19.1. The second-order valence-electron chi connectivity index (χ2n) is 11.4. The molecule has 0 radical (unpaired) electrons. The number of amides is 1. The summed E-state index contributed by atoms with van der Waals surface area (Å²) in [5, 5.41) is 14.1. The second kappa shape index (κ2) is 12.5. The standard InChI is InChI=1S/C32H36F2N6O3/c1-5-6-13-43-31(41)40-11-9-20(10-12-40)21-7-8-27(35-17-21)38-30-36-18-26(34)28(39-30)22-15-23-24(32(3,4)42)14-19(2)37-29(23)25(33)16-22/h7-8,14-18,20,42H,5-6,9-13H2,1-4H3,(H,35,36,38,39). The number of fused-ring (bicyclic) bond motifs is 1. The Labute approximate surface area is 249 Å². The van der Waals surface area contributed by atoms with Crippen molar-refractivity contribution in [1.29, 1.82) is 0 Å². The average Bonchev–Trinajstić information content (AvgIpc) is 2.98. The van der Waals surface area contributed by atoms with Gasteiger partial charge in [0.15, 0.2) is 5.82 Å². The molecule has 3 aromatic heterocycles. The molecule has 0 aliphatic carbocycles. The minimum absolute atomic E-state index is 0.0931. The molecule has 0 spiro atoms. The molecule has 2 N–H and O–H groups in total. The molecule has 1 aliphatic heterocycles. The van der Waals surface area contributed by atoms with Gasteiger partial charge in [-0.25, -0.2) is 28.5 Å². The van der Waals surface area contributed by atoms with E-state index in [9.17, 15) is 14.3 Å². The van der Waals surface area contributed by atoms with E-state index in [0.717, 1.165) is 37.4 Å². The predicted octanol–water partition coefficient (Wildman–Crippen LogP) is 6.76. The Morgan fingerprint density at radius 1 is 1.09 bits per heavy atom. The Kier molecular flexibility index (Phi) is 8.82. The molecule has 0 unspecified atom stereocenters. The number of piperidine rings is 1. The number of likely N-dealkylation sites (tertiary alicyclic amines) is 1. The molecule has 43 heavy (non-hydrogen) atoms. The van der Waals surface area contributed by atoms with E-state index in [2.05, 4.69) is 32.2 Å². The number of carbonyl (C=O) groups is 1. The lowest BCUT2D eigenvalue weighted by Crippen LogP contribution is -2.38. The predicted molar refractivity (Wildman–Crippen MR) is 160 cm³/mol. The van der Waals surface area contributed by atoms with Crippen LogP contribution >= 0.6 is 0 Å². The molecule has 0 saturated carbocycles. The number of aromatic nitrogens is 4. The van der Waals surface area contributed by atoms with Crippen LogP contribution in [-0.4, -0.2) is 55.7 Å².